The van der Waals surface area contributed by atoms with Crippen LogP contribution in [0.3, 0.4) is 0 Å². The van der Waals surface area contributed by atoms with E-state index < -0.39 is 9.85 Å². The second kappa shape index (κ2) is 15.5. The van der Waals surface area contributed by atoms with Crippen molar-refractivity contribution in [3.05, 3.63) is 102 Å². The maximum Gasteiger partial charge on any atom is 0.307 e. The van der Waals surface area contributed by atoms with Crippen LogP contribution in [0.25, 0.3) is 0 Å². The quantitative estimate of drug-likeness (QED) is 0.114. The number of likely N-dealkylation sites (N-methyl/N-ethyl adjacent to an activating group) is 2. The number of halogens is 2. The van der Waals surface area contributed by atoms with Gasteiger partial charge in [-0.3, -0.25) is 30.2 Å². The topological polar surface area (TPSA) is 143 Å². The van der Waals surface area contributed by atoms with Crippen LogP contribution in [0.2, 0.25) is 10.3 Å². The van der Waals surface area contributed by atoms with Crippen LogP contribution >= 0.6 is 23.2 Å². The highest BCUT2D eigenvalue weighted by atomic mass is 35.5. The summed E-state index contributed by atoms with van der Waals surface area (Å²) in [7, 11) is 2.92. The molecule has 0 spiro atoms. The first-order valence-corrected chi connectivity index (χ1v) is 12.7. The number of hydrogen-bond acceptors (Lipinski definition) is 8. The molecule has 2 heterocycles. The van der Waals surface area contributed by atoms with Gasteiger partial charge in [0.05, 0.1) is 9.85 Å². The number of allylic oxidation sites excluding steroid dienone is 2. The van der Waals surface area contributed by atoms with Crippen molar-refractivity contribution in [1.82, 2.24) is 19.8 Å². The molecule has 2 aromatic rings. The van der Waals surface area contributed by atoms with Crippen LogP contribution in [0, 0.1) is 20.2 Å². The van der Waals surface area contributed by atoms with Gasteiger partial charge in [0.15, 0.2) is 0 Å². The molecule has 0 unspecified atom stereocenters. The minimum absolute atomic E-state index is 0.0925. The molecule has 0 aliphatic carbocycles. The third kappa shape index (κ3) is 9.11. The van der Waals surface area contributed by atoms with E-state index in [1.165, 1.54) is 26.2 Å². The third-order valence-electron chi connectivity index (χ3n) is 5.58. The second-order valence-corrected chi connectivity index (χ2v) is 8.80. The molecule has 0 fully saturated rings. The molecule has 0 atom stereocenters. The van der Waals surface area contributed by atoms with E-state index in [0.29, 0.717) is 36.5 Å². The van der Waals surface area contributed by atoms with Gasteiger partial charge in [0, 0.05) is 64.8 Å². The molecule has 0 aliphatic heterocycles. The van der Waals surface area contributed by atoms with Gasteiger partial charge < -0.3 is 9.80 Å². The summed E-state index contributed by atoms with van der Waals surface area (Å²) >= 11 is 11.7. The van der Waals surface area contributed by atoms with E-state index in [-0.39, 0.29) is 29.5 Å². The molecule has 2 aromatic heterocycles. The number of amidine groups is 2. The van der Waals surface area contributed by atoms with Crippen LogP contribution in [-0.2, 0) is 13.1 Å². The van der Waals surface area contributed by atoms with Crippen molar-refractivity contribution >= 4 is 34.9 Å². The van der Waals surface area contributed by atoms with Crippen LogP contribution in [0.4, 0.5) is 0 Å². The number of pyridine rings is 2. The van der Waals surface area contributed by atoms with Crippen LogP contribution < -0.4 is 0 Å². The monoisotopic (exact) mass is 576 g/mol. The molecule has 12 nitrogen and oxygen atoms in total. The largest absolute Gasteiger partial charge is 0.347 e. The van der Waals surface area contributed by atoms with Crippen molar-refractivity contribution in [3.8, 4) is 0 Å². The summed E-state index contributed by atoms with van der Waals surface area (Å²) in [5.41, 5.74) is 1.05. The van der Waals surface area contributed by atoms with Crippen LogP contribution in [-0.4, -0.2) is 68.5 Å². The zero-order valence-electron chi connectivity index (χ0n) is 22.1. The SMILES string of the molecule is CCN(Cc1ccc(Cl)nc1)C(=N\C)/C(=C/C/C=C(/C(=N/C)N(CC)Cc1ccc(Cl)nc1)[N+](=O)[O-])[N+](=O)[O-]. The maximum absolute atomic E-state index is 12.0. The molecular weight excluding hydrogens is 547 g/mol. The standard InChI is InChI=1S/C25H30Cl2N8O4/c1-5-32(16-18-10-12-22(26)30-14-18)24(28-3)20(34(36)37)8-7-9-21(35(38)39)25(29-4)33(6-2)17-19-11-13-23(27)31-15-19/h8-15H,5-7,16-17H2,1-4H3/b20-8-,21-9-,28-24-,29-25-. The van der Waals surface area contributed by atoms with Gasteiger partial charge in [-0.25, -0.2) is 9.97 Å². The zero-order valence-corrected chi connectivity index (χ0v) is 23.6. The summed E-state index contributed by atoms with van der Waals surface area (Å²) in [6, 6.07) is 6.82. The number of rotatable bonds is 12. The van der Waals surface area contributed by atoms with Crippen molar-refractivity contribution < 1.29 is 9.85 Å². The van der Waals surface area contributed by atoms with Crippen molar-refractivity contribution in [1.29, 1.82) is 0 Å². The van der Waals surface area contributed by atoms with Gasteiger partial charge in [-0.2, -0.15) is 0 Å². The van der Waals surface area contributed by atoms with E-state index >= 15 is 0 Å². The average molecular weight is 577 g/mol. The summed E-state index contributed by atoms with van der Waals surface area (Å²) in [5.74, 6) is 0.284. The van der Waals surface area contributed by atoms with E-state index in [1.807, 2.05) is 13.8 Å². The van der Waals surface area contributed by atoms with E-state index in [2.05, 4.69) is 20.0 Å². The Morgan fingerprint density at radius 1 is 0.821 bits per heavy atom. The summed E-state index contributed by atoms with van der Waals surface area (Å²) in [4.78, 5) is 42.7. The first-order chi connectivity index (χ1) is 18.6. The number of nitro groups is 2. The lowest BCUT2D eigenvalue weighted by Gasteiger charge is -2.23. The average Bonchev–Trinajstić information content (AvgIpc) is 2.92. The fourth-order valence-corrected chi connectivity index (χ4v) is 3.95. The third-order valence-corrected chi connectivity index (χ3v) is 6.03. The Hall–Kier alpha value is -3.90. The number of hydrogen-bond donors (Lipinski definition) is 0. The smallest absolute Gasteiger partial charge is 0.307 e. The Labute approximate surface area is 236 Å². The lowest BCUT2D eigenvalue weighted by Crippen LogP contribution is -2.34. The van der Waals surface area contributed by atoms with E-state index in [9.17, 15) is 20.2 Å². The Balaban J connectivity index is 2.34. The highest BCUT2D eigenvalue weighted by Gasteiger charge is 2.26. The summed E-state index contributed by atoms with van der Waals surface area (Å²) in [6.07, 6.45) is 5.70. The predicted molar refractivity (Wildman–Crippen MR) is 152 cm³/mol. The normalized spacial score (nSPS) is 12.9. The second-order valence-electron chi connectivity index (χ2n) is 8.03. The van der Waals surface area contributed by atoms with Gasteiger partial charge in [0.25, 0.3) is 0 Å². The molecule has 0 saturated heterocycles. The van der Waals surface area contributed by atoms with Crippen molar-refractivity contribution in [3.63, 3.8) is 0 Å². The Morgan fingerprint density at radius 2 is 1.21 bits per heavy atom. The Bertz CT molecular complexity index is 1160. The molecule has 208 valence electrons. The van der Waals surface area contributed by atoms with E-state index in [4.69, 9.17) is 23.2 Å². The molecule has 0 N–H and O–H groups in total. The van der Waals surface area contributed by atoms with Gasteiger partial charge >= 0.3 is 11.4 Å². The van der Waals surface area contributed by atoms with Crippen LogP contribution in [0.1, 0.15) is 31.4 Å². The Morgan fingerprint density at radius 3 is 1.46 bits per heavy atom. The lowest BCUT2D eigenvalue weighted by molar-refractivity contribution is -0.417. The lowest BCUT2D eigenvalue weighted by atomic mass is 10.2. The fraction of sp³-hybridized carbons (Fsp3) is 0.360. The summed E-state index contributed by atoms with van der Waals surface area (Å²) < 4.78 is 0. The molecule has 39 heavy (non-hydrogen) atoms. The minimum atomic E-state index is -0.550. The Kier molecular flexibility index (Phi) is 12.4. The fourth-order valence-electron chi connectivity index (χ4n) is 3.73. The molecule has 14 heteroatoms. The molecule has 0 aromatic carbocycles. The van der Waals surface area contributed by atoms with E-state index in [0.717, 1.165) is 11.1 Å². The highest BCUT2D eigenvalue weighted by molar-refractivity contribution is 6.29. The molecule has 0 aliphatic rings. The van der Waals surface area contributed by atoms with Crippen LogP contribution in [0.5, 0.6) is 0 Å². The predicted octanol–water partition coefficient (Wildman–Crippen LogP) is 4.90. The number of aliphatic imine (C=N–C) groups is 2. The number of nitrogens with zero attached hydrogens (tertiary/aromatic N) is 8. The first kappa shape index (κ1) is 31.3. The van der Waals surface area contributed by atoms with Gasteiger partial charge in [-0.15, -0.1) is 0 Å². The highest BCUT2D eigenvalue weighted by Crippen LogP contribution is 2.16. The maximum atomic E-state index is 12.0. The van der Waals surface area contributed by atoms with Crippen molar-refractivity contribution in [2.24, 2.45) is 9.98 Å². The number of aromatic nitrogens is 2. The molecule has 0 bridgehead atoms. The van der Waals surface area contributed by atoms with Gasteiger partial charge in [0.2, 0.25) is 11.7 Å². The van der Waals surface area contributed by atoms with Gasteiger partial charge in [0.1, 0.15) is 10.3 Å². The van der Waals surface area contributed by atoms with Crippen LogP contribution in [0.15, 0.2) is 70.2 Å². The minimum Gasteiger partial charge on any atom is -0.347 e. The van der Waals surface area contributed by atoms with Crippen molar-refractivity contribution in [2.75, 3.05) is 27.2 Å². The van der Waals surface area contributed by atoms with Crippen molar-refractivity contribution in [2.45, 2.75) is 33.4 Å². The molecular formula is C25H30Cl2N8O4. The zero-order chi connectivity index (χ0) is 28.9. The van der Waals surface area contributed by atoms with E-state index in [1.54, 1.807) is 46.5 Å². The van der Waals surface area contributed by atoms with Gasteiger partial charge in [-0.05, 0) is 43.5 Å². The molecule has 0 radical (unpaired) electrons. The first-order valence-electron chi connectivity index (χ1n) is 12.0. The summed E-state index contributed by atoms with van der Waals surface area (Å²) in [6.45, 7) is 5.16. The molecule has 0 amide bonds. The molecule has 0 saturated carbocycles. The molecule has 2 rings (SSSR count). The van der Waals surface area contributed by atoms with Gasteiger partial charge in [-0.1, -0.05) is 35.3 Å². The summed E-state index contributed by atoms with van der Waals surface area (Å²) in [5, 5.41) is 24.7.